The highest BCUT2D eigenvalue weighted by molar-refractivity contribution is 6.03. The first-order valence-corrected chi connectivity index (χ1v) is 7.82. The van der Waals surface area contributed by atoms with Crippen LogP contribution in [0.25, 0.3) is 16.9 Å². The Balaban J connectivity index is 1.67. The SMILES string of the molecule is Cc1ccc(-c2cn3ccccc3n2)cc1NC(=O)c1cn(C)nn1. The standard InChI is InChI=1S/C18H16N6O/c1-12-6-7-13(15-11-24-8-4-3-5-17(24)19-15)9-14(12)20-18(25)16-10-23(2)22-21-16/h3-11H,1-2H3,(H,20,25). The van der Waals surface area contributed by atoms with E-state index in [1.165, 1.54) is 4.68 Å². The Morgan fingerprint density at radius 1 is 1.16 bits per heavy atom. The average molecular weight is 332 g/mol. The summed E-state index contributed by atoms with van der Waals surface area (Å²) in [5.74, 6) is -0.289. The zero-order valence-electron chi connectivity index (χ0n) is 13.8. The Hall–Kier alpha value is -3.48. The first kappa shape index (κ1) is 15.1. The van der Waals surface area contributed by atoms with E-state index in [1.807, 2.05) is 60.1 Å². The Morgan fingerprint density at radius 3 is 2.80 bits per heavy atom. The Morgan fingerprint density at radius 2 is 2.04 bits per heavy atom. The molecule has 124 valence electrons. The molecule has 3 heterocycles. The van der Waals surface area contributed by atoms with Crippen LogP contribution in [-0.2, 0) is 7.05 Å². The number of fused-ring (bicyclic) bond motifs is 1. The Bertz CT molecular complexity index is 1050. The molecule has 0 aliphatic heterocycles. The van der Waals surface area contributed by atoms with Gasteiger partial charge in [-0.2, -0.15) is 0 Å². The Kier molecular flexibility index (Phi) is 3.53. The van der Waals surface area contributed by atoms with Crippen molar-refractivity contribution in [3.63, 3.8) is 0 Å². The molecule has 7 nitrogen and oxygen atoms in total. The van der Waals surface area contributed by atoms with Crippen molar-refractivity contribution in [2.45, 2.75) is 6.92 Å². The predicted molar refractivity (Wildman–Crippen MR) is 94.3 cm³/mol. The summed E-state index contributed by atoms with van der Waals surface area (Å²) in [7, 11) is 1.72. The topological polar surface area (TPSA) is 77.1 Å². The van der Waals surface area contributed by atoms with Crippen molar-refractivity contribution >= 4 is 17.2 Å². The first-order valence-electron chi connectivity index (χ1n) is 7.82. The molecular weight excluding hydrogens is 316 g/mol. The lowest BCUT2D eigenvalue weighted by molar-refractivity contribution is 0.102. The van der Waals surface area contributed by atoms with Crippen molar-refractivity contribution in [1.29, 1.82) is 0 Å². The fourth-order valence-corrected chi connectivity index (χ4v) is 2.63. The highest BCUT2D eigenvalue weighted by atomic mass is 16.2. The number of anilines is 1. The second-order valence-corrected chi connectivity index (χ2v) is 5.85. The van der Waals surface area contributed by atoms with E-state index < -0.39 is 0 Å². The van der Waals surface area contributed by atoms with E-state index in [4.69, 9.17) is 0 Å². The summed E-state index contributed by atoms with van der Waals surface area (Å²) >= 11 is 0. The molecule has 4 aromatic rings. The lowest BCUT2D eigenvalue weighted by Crippen LogP contribution is -2.13. The van der Waals surface area contributed by atoms with Crippen LogP contribution in [-0.4, -0.2) is 30.3 Å². The molecule has 25 heavy (non-hydrogen) atoms. The van der Waals surface area contributed by atoms with Gasteiger partial charge >= 0.3 is 0 Å². The molecule has 1 amide bonds. The Labute approximate surface area is 143 Å². The van der Waals surface area contributed by atoms with Crippen molar-refractivity contribution in [3.8, 4) is 11.3 Å². The maximum atomic E-state index is 12.3. The summed E-state index contributed by atoms with van der Waals surface area (Å²) in [6, 6.07) is 11.7. The minimum atomic E-state index is -0.289. The molecule has 0 unspecified atom stereocenters. The molecule has 0 aliphatic carbocycles. The maximum Gasteiger partial charge on any atom is 0.277 e. The summed E-state index contributed by atoms with van der Waals surface area (Å²) in [6.45, 7) is 1.94. The molecule has 0 saturated heterocycles. The second kappa shape index (κ2) is 5.86. The lowest BCUT2D eigenvalue weighted by Gasteiger charge is -2.08. The molecule has 0 saturated carbocycles. The maximum absolute atomic E-state index is 12.3. The average Bonchev–Trinajstić information content (AvgIpc) is 3.23. The van der Waals surface area contributed by atoms with E-state index in [9.17, 15) is 4.79 Å². The molecule has 0 aliphatic rings. The van der Waals surface area contributed by atoms with Crippen LogP contribution in [0, 0.1) is 6.92 Å². The molecule has 7 heteroatoms. The van der Waals surface area contributed by atoms with E-state index in [0.717, 1.165) is 28.2 Å². The number of nitrogens with zero attached hydrogens (tertiary/aromatic N) is 5. The van der Waals surface area contributed by atoms with Crippen LogP contribution >= 0.6 is 0 Å². The van der Waals surface area contributed by atoms with E-state index in [0.29, 0.717) is 0 Å². The number of benzene rings is 1. The third-order valence-corrected chi connectivity index (χ3v) is 3.98. The van der Waals surface area contributed by atoms with Crippen molar-refractivity contribution in [3.05, 3.63) is 66.2 Å². The summed E-state index contributed by atoms with van der Waals surface area (Å²) < 4.78 is 3.46. The molecule has 4 rings (SSSR count). The van der Waals surface area contributed by atoms with Gasteiger partial charge in [0.25, 0.3) is 5.91 Å². The summed E-state index contributed by atoms with van der Waals surface area (Å²) in [4.78, 5) is 16.9. The van der Waals surface area contributed by atoms with Crippen LogP contribution in [0.2, 0.25) is 0 Å². The number of aryl methyl sites for hydroxylation is 2. The number of hydrogen-bond donors (Lipinski definition) is 1. The summed E-state index contributed by atoms with van der Waals surface area (Å²) in [6.07, 6.45) is 5.50. The fraction of sp³-hybridized carbons (Fsp3) is 0.111. The molecular formula is C18H16N6O. The number of pyridine rings is 1. The molecule has 0 spiro atoms. The van der Waals surface area contributed by atoms with Crippen molar-refractivity contribution < 1.29 is 4.79 Å². The van der Waals surface area contributed by atoms with Gasteiger partial charge in [-0.25, -0.2) is 4.98 Å². The van der Waals surface area contributed by atoms with Gasteiger partial charge in [0.1, 0.15) is 5.65 Å². The fourth-order valence-electron chi connectivity index (χ4n) is 2.63. The predicted octanol–water partition coefficient (Wildman–Crippen LogP) is 2.69. The van der Waals surface area contributed by atoms with Crippen molar-refractivity contribution in [1.82, 2.24) is 24.4 Å². The van der Waals surface area contributed by atoms with Gasteiger partial charge in [0.15, 0.2) is 5.69 Å². The van der Waals surface area contributed by atoms with Gasteiger partial charge < -0.3 is 9.72 Å². The molecule has 3 aromatic heterocycles. The highest BCUT2D eigenvalue weighted by Crippen LogP contribution is 2.25. The quantitative estimate of drug-likeness (QED) is 0.626. The minimum Gasteiger partial charge on any atom is -0.320 e. The molecule has 0 atom stereocenters. The van der Waals surface area contributed by atoms with Crippen LogP contribution in [0.15, 0.2) is 55.0 Å². The van der Waals surface area contributed by atoms with Crippen LogP contribution in [0.1, 0.15) is 16.1 Å². The van der Waals surface area contributed by atoms with E-state index >= 15 is 0 Å². The van der Waals surface area contributed by atoms with Crippen LogP contribution in [0.3, 0.4) is 0 Å². The number of nitrogens with one attached hydrogen (secondary N) is 1. The molecule has 0 bridgehead atoms. The molecule has 1 N–H and O–H groups in total. The van der Waals surface area contributed by atoms with Crippen molar-refractivity contribution in [2.24, 2.45) is 7.05 Å². The van der Waals surface area contributed by atoms with Crippen LogP contribution in [0.4, 0.5) is 5.69 Å². The lowest BCUT2D eigenvalue weighted by atomic mass is 10.1. The number of carbonyl (C=O) groups excluding carboxylic acids is 1. The van der Waals surface area contributed by atoms with Gasteiger partial charge in [0.05, 0.1) is 11.9 Å². The number of aromatic nitrogens is 5. The van der Waals surface area contributed by atoms with Gasteiger partial charge in [-0.05, 0) is 30.7 Å². The van der Waals surface area contributed by atoms with Gasteiger partial charge in [-0.15, -0.1) is 5.10 Å². The van der Waals surface area contributed by atoms with Crippen LogP contribution < -0.4 is 5.32 Å². The molecule has 1 aromatic carbocycles. The molecule has 0 fully saturated rings. The van der Waals surface area contributed by atoms with Gasteiger partial charge in [0.2, 0.25) is 0 Å². The summed E-state index contributed by atoms with van der Waals surface area (Å²) in [5.41, 5.74) is 4.63. The largest absolute Gasteiger partial charge is 0.320 e. The number of rotatable bonds is 3. The third-order valence-electron chi connectivity index (χ3n) is 3.98. The number of amides is 1. The number of carbonyl (C=O) groups is 1. The summed E-state index contributed by atoms with van der Waals surface area (Å²) in [5, 5.41) is 10.5. The van der Waals surface area contributed by atoms with E-state index in [-0.39, 0.29) is 11.6 Å². The zero-order valence-corrected chi connectivity index (χ0v) is 13.8. The minimum absolute atomic E-state index is 0.278. The van der Waals surface area contributed by atoms with Crippen molar-refractivity contribution in [2.75, 3.05) is 5.32 Å². The normalized spacial score (nSPS) is 11.0. The zero-order chi connectivity index (χ0) is 17.4. The monoisotopic (exact) mass is 332 g/mol. The molecule has 0 radical (unpaired) electrons. The van der Waals surface area contributed by atoms with E-state index in [1.54, 1.807) is 13.2 Å². The van der Waals surface area contributed by atoms with E-state index in [2.05, 4.69) is 20.6 Å². The second-order valence-electron chi connectivity index (χ2n) is 5.85. The van der Waals surface area contributed by atoms with Gasteiger partial charge in [-0.3, -0.25) is 9.48 Å². The number of imidazole rings is 1. The van der Waals surface area contributed by atoms with Crippen LogP contribution in [0.5, 0.6) is 0 Å². The van der Waals surface area contributed by atoms with Gasteiger partial charge in [-0.1, -0.05) is 23.4 Å². The third kappa shape index (κ3) is 2.87. The first-order chi connectivity index (χ1) is 12.1. The van der Waals surface area contributed by atoms with Gasteiger partial charge in [0, 0.05) is 30.7 Å². The smallest absolute Gasteiger partial charge is 0.277 e. The highest BCUT2D eigenvalue weighted by Gasteiger charge is 2.13. The number of hydrogen-bond acceptors (Lipinski definition) is 4.